The number of nitrogens with one attached hydrogen (secondary N) is 1. The number of alkyl halides is 9. The summed E-state index contributed by atoms with van der Waals surface area (Å²) in [6.45, 7) is 5.29. The number of H-pyrrole nitrogens is 1. The van der Waals surface area contributed by atoms with Crippen LogP contribution in [0.5, 0.6) is 34.5 Å². The van der Waals surface area contributed by atoms with Gasteiger partial charge in [-0.3, -0.25) is 4.90 Å². The van der Waals surface area contributed by atoms with Gasteiger partial charge in [0.05, 0.1) is 81.3 Å². The van der Waals surface area contributed by atoms with E-state index in [9.17, 15) is 49.0 Å². The lowest BCUT2D eigenvalue weighted by molar-refractivity contribution is -0.138. The highest BCUT2D eigenvalue weighted by Crippen LogP contribution is 2.48. The molecule has 3 atom stereocenters. The normalized spacial score (nSPS) is 17.6. The van der Waals surface area contributed by atoms with E-state index < -0.39 is 41.3 Å². The molecule has 0 amide bonds. The number of nitrogens with zero attached hydrogens (tertiary/aromatic N) is 4. The van der Waals surface area contributed by atoms with Gasteiger partial charge in [0, 0.05) is 59.4 Å². The molecule has 0 saturated heterocycles. The number of para-hydroxylation sites is 3. The van der Waals surface area contributed by atoms with E-state index in [-0.39, 0.29) is 24.6 Å². The van der Waals surface area contributed by atoms with Gasteiger partial charge in [0.1, 0.15) is 24.1 Å². The molecule has 12 rings (SSSR count). The number of methoxy groups -OCH3 is 3. The van der Waals surface area contributed by atoms with Crippen molar-refractivity contribution in [3.05, 3.63) is 186 Å². The van der Waals surface area contributed by atoms with Crippen molar-refractivity contribution >= 4 is 50.6 Å². The number of aromatic nitrogens is 1. The first-order chi connectivity index (χ1) is 41.7. The molecule has 87 heavy (non-hydrogen) atoms. The molecule has 12 nitrogen and oxygen atoms in total. The summed E-state index contributed by atoms with van der Waals surface area (Å²) in [5.74, 6) is 3.09. The maximum absolute atomic E-state index is 13.9. The molecule has 0 saturated carbocycles. The zero-order chi connectivity index (χ0) is 61.8. The van der Waals surface area contributed by atoms with Crippen molar-refractivity contribution in [1.82, 2.24) is 9.88 Å². The molecule has 2 N–H and O–H groups in total. The fraction of sp³-hybridized carbons (Fsp3) is 0.292. The van der Waals surface area contributed by atoms with Crippen molar-refractivity contribution in [3.63, 3.8) is 0 Å². The molecular weight excluding hydrogens is 1150 g/mol. The Morgan fingerprint density at radius 1 is 0.540 bits per heavy atom. The summed E-state index contributed by atoms with van der Waals surface area (Å²) in [4.78, 5) is 11.3. The number of rotatable bonds is 11. The number of anilines is 6. The van der Waals surface area contributed by atoms with Crippen molar-refractivity contribution in [1.29, 1.82) is 0 Å². The predicted molar refractivity (Wildman–Crippen MR) is 312 cm³/mol. The number of aliphatic hydroxyl groups is 1. The molecular formula is C65H61F10N5O7. The molecule has 5 heterocycles. The summed E-state index contributed by atoms with van der Waals surface area (Å²) in [5, 5.41) is 10.3. The summed E-state index contributed by atoms with van der Waals surface area (Å²) < 4.78 is 164. The Balaban J connectivity index is 0.000000152. The highest BCUT2D eigenvalue weighted by molar-refractivity contribution is 5.93. The van der Waals surface area contributed by atoms with Gasteiger partial charge in [0.15, 0.2) is 34.5 Å². The van der Waals surface area contributed by atoms with Gasteiger partial charge in [-0.05, 0) is 146 Å². The molecule has 0 spiro atoms. The highest BCUT2D eigenvalue weighted by atomic mass is 19.4. The lowest BCUT2D eigenvalue weighted by Crippen LogP contribution is -2.46. The molecule has 3 unspecified atom stereocenters. The Labute approximate surface area is 495 Å². The van der Waals surface area contributed by atoms with Crippen LogP contribution in [0.25, 0.3) is 16.5 Å². The van der Waals surface area contributed by atoms with Crippen molar-refractivity contribution in [3.8, 4) is 34.5 Å². The third-order valence-corrected chi connectivity index (χ3v) is 15.3. The summed E-state index contributed by atoms with van der Waals surface area (Å²) >= 11 is 0. The molecule has 4 aliphatic heterocycles. The number of hydrogen-bond donors (Lipinski definition) is 2. The first-order valence-electron chi connectivity index (χ1n) is 27.8. The van der Waals surface area contributed by atoms with Gasteiger partial charge < -0.3 is 53.2 Å². The van der Waals surface area contributed by atoms with Gasteiger partial charge in [0.2, 0.25) is 0 Å². The van der Waals surface area contributed by atoms with E-state index in [0.29, 0.717) is 90.0 Å². The zero-order valence-corrected chi connectivity index (χ0v) is 47.6. The lowest BCUT2D eigenvalue weighted by atomic mass is 9.98. The van der Waals surface area contributed by atoms with Crippen LogP contribution in [0, 0.1) is 5.82 Å². The standard InChI is InChI=1S/C30H27F4N3O2.C18H18F3NO2.C17H16F3NO3/c1-38-28-4-2-3-27-29(28)39-23(18-37(27)22-8-5-20(6-9-22)30(32,33)34)17-36-13-11-19(12-14-36)25-16-35-26-10-7-21(31)15-24(25)26;1-3-14-11-22(13-9-7-12(8-10-13)18(19,20)21)15-5-4-6-16(23-2)17(15)24-14;1-23-15-4-2-3-14-16(15)24-13(10-22)9-21(14)12-7-5-11(6-8-12)17(18,19)20/h2-11,15-16,23,35H,12-14,17-18H2,1H3;4-10,14H,3,11H2,1-2H3;2-8,13,22H,9-10H2,1H3. The van der Waals surface area contributed by atoms with Crippen LogP contribution in [0.2, 0.25) is 0 Å². The third-order valence-electron chi connectivity index (χ3n) is 15.3. The van der Waals surface area contributed by atoms with Crippen LogP contribution in [0.4, 0.5) is 78.0 Å². The van der Waals surface area contributed by atoms with Crippen LogP contribution >= 0.6 is 0 Å². The second-order valence-electron chi connectivity index (χ2n) is 20.8. The van der Waals surface area contributed by atoms with Crippen molar-refractivity contribution in [2.24, 2.45) is 0 Å². The summed E-state index contributed by atoms with van der Waals surface area (Å²) in [6, 6.07) is 36.4. The summed E-state index contributed by atoms with van der Waals surface area (Å²) in [6.07, 6.45) is -8.22. The third kappa shape index (κ3) is 13.6. The molecule has 0 bridgehead atoms. The largest absolute Gasteiger partial charge is 0.493 e. The lowest BCUT2D eigenvalue weighted by Gasteiger charge is -2.39. The maximum Gasteiger partial charge on any atom is 0.416 e. The SMILES string of the molecule is CCC1CN(c2ccc(C(F)(F)F)cc2)c2cccc(OC)c2O1.COc1cccc2c1OC(CN1CC=C(c3c[nH]c4ccc(F)cc34)CC1)CN2c1ccc(C(F)(F)F)cc1.COc1cccc2c1OC(CO)CN2c1ccc(C(F)(F)F)cc1. The number of halogens is 10. The molecule has 4 aliphatic rings. The van der Waals surface area contributed by atoms with Gasteiger partial charge in [-0.15, -0.1) is 0 Å². The molecule has 22 heteroatoms. The van der Waals surface area contributed by atoms with Crippen molar-refractivity contribution < 1.29 is 77.4 Å². The van der Waals surface area contributed by atoms with Crippen molar-refractivity contribution in [2.45, 2.75) is 56.6 Å². The minimum Gasteiger partial charge on any atom is -0.493 e. The fourth-order valence-corrected chi connectivity index (χ4v) is 10.9. The molecule has 458 valence electrons. The van der Waals surface area contributed by atoms with Gasteiger partial charge >= 0.3 is 18.5 Å². The smallest absolute Gasteiger partial charge is 0.416 e. The molecule has 7 aromatic carbocycles. The van der Waals surface area contributed by atoms with Gasteiger partial charge in [-0.2, -0.15) is 39.5 Å². The minimum atomic E-state index is -4.39. The molecule has 0 aliphatic carbocycles. The van der Waals surface area contributed by atoms with Crippen LogP contribution in [-0.2, 0) is 18.5 Å². The van der Waals surface area contributed by atoms with Crippen molar-refractivity contribution in [2.75, 3.05) is 81.9 Å². The van der Waals surface area contributed by atoms with E-state index in [0.717, 1.165) is 83.6 Å². The summed E-state index contributed by atoms with van der Waals surface area (Å²) in [7, 11) is 4.64. The second kappa shape index (κ2) is 25.7. The molecule has 1 aromatic heterocycles. The number of ether oxygens (including phenoxy) is 6. The van der Waals surface area contributed by atoms with Gasteiger partial charge in [-0.1, -0.05) is 31.2 Å². The first-order valence-corrected chi connectivity index (χ1v) is 27.8. The number of aromatic amines is 1. The Bertz CT molecular complexity index is 3560. The van der Waals surface area contributed by atoms with E-state index in [4.69, 9.17) is 28.4 Å². The highest BCUT2D eigenvalue weighted by Gasteiger charge is 2.36. The number of aliphatic hydroxyl groups excluding tert-OH is 1. The van der Waals surface area contributed by atoms with E-state index in [1.807, 2.05) is 64.2 Å². The molecule has 0 radical (unpaired) electrons. The monoisotopic (exact) mass is 1210 g/mol. The second-order valence-corrected chi connectivity index (χ2v) is 20.8. The average molecular weight is 1210 g/mol. The Hall–Kier alpha value is -8.76. The Kier molecular flexibility index (Phi) is 18.1. The van der Waals surface area contributed by atoms with E-state index in [1.165, 1.54) is 55.1 Å². The zero-order valence-electron chi connectivity index (χ0n) is 47.6. The van der Waals surface area contributed by atoms with Crippen LogP contribution in [0.1, 0.15) is 42.0 Å². The Morgan fingerprint density at radius 2 is 0.954 bits per heavy atom. The first kappa shape index (κ1) is 61.3. The minimum absolute atomic E-state index is 0.0592. The van der Waals surface area contributed by atoms with E-state index in [2.05, 4.69) is 16.0 Å². The van der Waals surface area contributed by atoms with Gasteiger partial charge in [0.25, 0.3) is 0 Å². The van der Waals surface area contributed by atoms with E-state index >= 15 is 0 Å². The quantitative estimate of drug-likeness (QED) is 0.121. The van der Waals surface area contributed by atoms with Crippen LogP contribution in [0.3, 0.4) is 0 Å². The topological polar surface area (TPSA) is 104 Å². The molecule has 0 fully saturated rings. The van der Waals surface area contributed by atoms with Crippen LogP contribution in [0.15, 0.2) is 158 Å². The summed E-state index contributed by atoms with van der Waals surface area (Å²) in [5.41, 5.74) is 5.20. The van der Waals surface area contributed by atoms with Gasteiger partial charge in [-0.25, -0.2) is 4.39 Å². The van der Waals surface area contributed by atoms with Crippen LogP contribution in [-0.4, -0.2) is 101 Å². The number of benzene rings is 7. The fourth-order valence-electron chi connectivity index (χ4n) is 10.9. The number of fused-ring (bicyclic) bond motifs is 4. The average Bonchev–Trinajstić information content (AvgIpc) is 1.84. The maximum atomic E-state index is 13.9. The predicted octanol–water partition coefficient (Wildman–Crippen LogP) is 15.7. The number of hydrogen-bond acceptors (Lipinski definition) is 11. The Morgan fingerprint density at radius 3 is 1.34 bits per heavy atom. The van der Waals surface area contributed by atoms with E-state index in [1.54, 1.807) is 44.6 Å². The van der Waals surface area contributed by atoms with Crippen LogP contribution < -0.4 is 43.1 Å². The molecule has 8 aromatic rings.